The number of carbonyl (C=O) groups is 1. The van der Waals surface area contributed by atoms with E-state index in [1.807, 2.05) is 18.2 Å². The first-order chi connectivity index (χ1) is 8.67. The monoisotopic (exact) mass is 249 g/mol. The molecule has 0 aromatic heterocycles. The molecular weight excluding hydrogens is 226 g/mol. The molecule has 1 aromatic carbocycles. The first kappa shape index (κ1) is 14.7. The molecule has 0 amide bonds. The van der Waals surface area contributed by atoms with Gasteiger partial charge in [-0.05, 0) is 31.4 Å². The lowest BCUT2D eigenvalue weighted by atomic mass is 10.0. The van der Waals surface area contributed by atoms with E-state index in [4.69, 9.17) is 5.11 Å². The highest BCUT2D eigenvalue weighted by atomic mass is 16.4. The van der Waals surface area contributed by atoms with Crippen molar-refractivity contribution in [2.24, 2.45) is 0 Å². The normalized spacial score (nSPS) is 12.6. The van der Waals surface area contributed by atoms with E-state index in [1.165, 1.54) is 5.56 Å². The molecule has 1 aromatic rings. The van der Waals surface area contributed by atoms with Crippen LogP contribution in [0.25, 0.3) is 0 Å². The number of hydrogen-bond acceptors (Lipinski definition) is 2. The van der Waals surface area contributed by atoms with E-state index in [-0.39, 0.29) is 6.54 Å². The Morgan fingerprint density at radius 1 is 1.28 bits per heavy atom. The van der Waals surface area contributed by atoms with E-state index in [0.717, 1.165) is 25.8 Å². The van der Waals surface area contributed by atoms with Gasteiger partial charge in [0, 0.05) is 6.04 Å². The average Bonchev–Trinajstić information content (AvgIpc) is 2.36. The van der Waals surface area contributed by atoms with Crippen LogP contribution in [0.2, 0.25) is 0 Å². The van der Waals surface area contributed by atoms with Crippen LogP contribution in [-0.2, 0) is 11.2 Å². The third kappa shape index (κ3) is 4.88. The number of benzene rings is 1. The van der Waals surface area contributed by atoms with Crippen LogP contribution in [0.15, 0.2) is 30.3 Å². The van der Waals surface area contributed by atoms with Crippen LogP contribution in [0.3, 0.4) is 0 Å². The van der Waals surface area contributed by atoms with Gasteiger partial charge in [0.1, 0.15) is 0 Å². The quantitative estimate of drug-likeness (QED) is 0.770. The smallest absolute Gasteiger partial charge is 0.317 e. The highest BCUT2D eigenvalue weighted by Gasteiger charge is 2.18. The van der Waals surface area contributed by atoms with Crippen molar-refractivity contribution in [2.45, 2.75) is 39.2 Å². The third-order valence-corrected chi connectivity index (χ3v) is 3.15. The summed E-state index contributed by atoms with van der Waals surface area (Å²) in [7, 11) is 0. The summed E-state index contributed by atoms with van der Waals surface area (Å²) >= 11 is 0. The Morgan fingerprint density at radius 3 is 2.44 bits per heavy atom. The van der Waals surface area contributed by atoms with Crippen molar-refractivity contribution in [2.75, 3.05) is 13.1 Å². The van der Waals surface area contributed by atoms with Crippen molar-refractivity contribution in [1.82, 2.24) is 4.90 Å². The van der Waals surface area contributed by atoms with E-state index in [9.17, 15) is 4.79 Å². The molecule has 0 aliphatic carbocycles. The molecule has 0 aliphatic heterocycles. The fourth-order valence-corrected chi connectivity index (χ4v) is 2.27. The molecule has 0 heterocycles. The minimum absolute atomic E-state index is 0.138. The van der Waals surface area contributed by atoms with Crippen LogP contribution in [0.4, 0.5) is 0 Å². The van der Waals surface area contributed by atoms with E-state index in [0.29, 0.717) is 6.04 Å². The van der Waals surface area contributed by atoms with Crippen molar-refractivity contribution in [3.05, 3.63) is 35.9 Å². The number of nitrogens with zero attached hydrogens (tertiary/aromatic N) is 1. The number of carboxylic acid groups (broad SMARTS) is 1. The van der Waals surface area contributed by atoms with E-state index < -0.39 is 5.97 Å². The van der Waals surface area contributed by atoms with E-state index in [2.05, 4.69) is 30.9 Å². The molecule has 0 bridgehead atoms. The van der Waals surface area contributed by atoms with Crippen molar-refractivity contribution < 1.29 is 9.90 Å². The fraction of sp³-hybridized carbons (Fsp3) is 0.533. The van der Waals surface area contributed by atoms with Gasteiger partial charge in [-0.1, -0.05) is 44.2 Å². The number of aliphatic carboxylic acids is 1. The van der Waals surface area contributed by atoms with Crippen molar-refractivity contribution in [3.63, 3.8) is 0 Å². The molecule has 0 fully saturated rings. The summed E-state index contributed by atoms with van der Waals surface area (Å²) in [4.78, 5) is 13.0. The molecule has 0 saturated heterocycles. The van der Waals surface area contributed by atoms with Crippen LogP contribution in [0.5, 0.6) is 0 Å². The summed E-state index contributed by atoms with van der Waals surface area (Å²) < 4.78 is 0. The van der Waals surface area contributed by atoms with Crippen LogP contribution in [0, 0.1) is 0 Å². The first-order valence-electron chi connectivity index (χ1n) is 6.67. The lowest BCUT2D eigenvalue weighted by Crippen LogP contribution is -2.40. The third-order valence-electron chi connectivity index (χ3n) is 3.15. The zero-order chi connectivity index (χ0) is 13.4. The lowest BCUT2D eigenvalue weighted by molar-refractivity contribution is -0.139. The Hall–Kier alpha value is -1.35. The van der Waals surface area contributed by atoms with Crippen LogP contribution in [0.1, 0.15) is 32.3 Å². The Bertz CT molecular complexity index is 351. The largest absolute Gasteiger partial charge is 0.480 e. The Morgan fingerprint density at radius 2 is 1.94 bits per heavy atom. The highest BCUT2D eigenvalue weighted by Crippen LogP contribution is 2.12. The molecule has 3 nitrogen and oxygen atoms in total. The maximum Gasteiger partial charge on any atom is 0.317 e. The molecule has 1 unspecified atom stereocenters. The molecule has 1 rings (SSSR count). The van der Waals surface area contributed by atoms with Gasteiger partial charge in [0.15, 0.2) is 0 Å². The zero-order valence-corrected chi connectivity index (χ0v) is 11.3. The molecule has 18 heavy (non-hydrogen) atoms. The van der Waals surface area contributed by atoms with Crippen LogP contribution >= 0.6 is 0 Å². The minimum Gasteiger partial charge on any atom is -0.480 e. The molecule has 0 aliphatic rings. The standard InChI is InChI=1S/C15H23NO2/c1-3-10-16(12-15(17)18)14(4-2)11-13-8-6-5-7-9-13/h5-9,14H,3-4,10-12H2,1-2H3,(H,17,18). The second-order valence-corrected chi connectivity index (χ2v) is 4.62. The van der Waals surface area contributed by atoms with Gasteiger partial charge in [-0.15, -0.1) is 0 Å². The van der Waals surface area contributed by atoms with E-state index in [1.54, 1.807) is 0 Å². The van der Waals surface area contributed by atoms with Gasteiger partial charge < -0.3 is 5.11 Å². The predicted molar refractivity (Wildman–Crippen MR) is 73.7 cm³/mol. The minimum atomic E-state index is -0.741. The van der Waals surface area contributed by atoms with Gasteiger partial charge in [-0.2, -0.15) is 0 Å². The second-order valence-electron chi connectivity index (χ2n) is 4.62. The Labute approximate surface area is 109 Å². The van der Waals surface area contributed by atoms with Gasteiger partial charge in [0.2, 0.25) is 0 Å². The average molecular weight is 249 g/mol. The predicted octanol–water partition coefficient (Wildman–Crippen LogP) is 2.80. The summed E-state index contributed by atoms with van der Waals surface area (Å²) in [6.45, 7) is 5.19. The first-order valence-corrected chi connectivity index (χ1v) is 6.67. The Balaban J connectivity index is 2.69. The maximum atomic E-state index is 10.9. The van der Waals surface area contributed by atoms with E-state index >= 15 is 0 Å². The SMILES string of the molecule is CCCN(CC(=O)O)C(CC)Cc1ccccc1. The fourth-order valence-electron chi connectivity index (χ4n) is 2.27. The van der Waals surface area contributed by atoms with Crippen molar-refractivity contribution in [1.29, 1.82) is 0 Å². The van der Waals surface area contributed by atoms with Gasteiger partial charge in [0.05, 0.1) is 6.54 Å². The topological polar surface area (TPSA) is 40.5 Å². The molecule has 1 atom stereocenters. The van der Waals surface area contributed by atoms with Crippen molar-refractivity contribution >= 4 is 5.97 Å². The molecule has 3 heteroatoms. The summed E-state index contributed by atoms with van der Waals surface area (Å²) in [5.41, 5.74) is 1.27. The molecule has 0 spiro atoms. The number of rotatable bonds is 8. The molecule has 1 N–H and O–H groups in total. The summed E-state index contributed by atoms with van der Waals surface area (Å²) in [5, 5.41) is 8.98. The van der Waals surface area contributed by atoms with Crippen LogP contribution < -0.4 is 0 Å². The van der Waals surface area contributed by atoms with Crippen molar-refractivity contribution in [3.8, 4) is 0 Å². The van der Waals surface area contributed by atoms with Gasteiger partial charge in [-0.25, -0.2) is 0 Å². The van der Waals surface area contributed by atoms with Crippen LogP contribution in [-0.4, -0.2) is 35.1 Å². The molecule has 100 valence electrons. The summed E-state index contributed by atoms with van der Waals surface area (Å²) in [6, 6.07) is 10.6. The number of carboxylic acids is 1. The lowest BCUT2D eigenvalue weighted by Gasteiger charge is -2.29. The summed E-state index contributed by atoms with van der Waals surface area (Å²) in [6.07, 6.45) is 2.88. The molecule has 0 radical (unpaired) electrons. The second kappa shape index (κ2) is 7.88. The highest BCUT2D eigenvalue weighted by molar-refractivity contribution is 5.69. The number of hydrogen-bond donors (Lipinski definition) is 1. The van der Waals surface area contributed by atoms with Gasteiger partial charge in [-0.3, -0.25) is 9.69 Å². The Kier molecular flexibility index (Phi) is 6.44. The molecular formula is C15H23NO2. The maximum absolute atomic E-state index is 10.9. The molecule has 0 saturated carbocycles. The summed E-state index contributed by atoms with van der Waals surface area (Å²) in [5.74, 6) is -0.741. The van der Waals surface area contributed by atoms with Gasteiger partial charge >= 0.3 is 5.97 Å². The zero-order valence-electron chi connectivity index (χ0n) is 11.3. The van der Waals surface area contributed by atoms with Gasteiger partial charge in [0.25, 0.3) is 0 Å².